The third kappa shape index (κ3) is 6.00. The summed E-state index contributed by atoms with van der Waals surface area (Å²) >= 11 is 1.61. The first-order chi connectivity index (χ1) is 17.0. The van der Waals surface area contributed by atoms with Crippen molar-refractivity contribution >= 4 is 23.2 Å². The van der Waals surface area contributed by atoms with Gasteiger partial charge in [-0.3, -0.25) is 9.59 Å². The number of benzene rings is 2. The zero-order chi connectivity index (χ0) is 24.8. The molecule has 0 saturated heterocycles. The van der Waals surface area contributed by atoms with Gasteiger partial charge in [-0.05, 0) is 54.6 Å². The van der Waals surface area contributed by atoms with Crippen LogP contribution in [-0.2, 0) is 11.3 Å². The van der Waals surface area contributed by atoms with Crippen LogP contribution in [0.5, 0.6) is 0 Å². The molecule has 0 radical (unpaired) electrons. The molecule has 1 aliphatic rings. The van der Waals surface area contributed by atoms with Crippen LogP contribution in [0.2, 0.25) is 0 Å². The van der Waals surface area contributed by atoms with Gasteiger partial charge in [-0.1, -0.05) is 68.4 Å². The molecule has 0 fully saturated rings. The average molecular weight is 490 g/mol. The third-order valence-corrected chi connectivity index (χ3v) is 7.37. The van der Waals surface area contributed by atoms with E-state index < -0.39 is 5.92 Å². The Hall–Kier alpha value is -2.96. The Morgan fingerprint density at radius 1 is 1.06 bits per heavy atom. The van der Waals surface area contributed by atoms with Gasteiger partial charge in [-0.2, -0.15) is 0 Å². The molecule has 1 aromatic heterocycles. The second-order valence-electron chi connectivity index (χ2n) is 9.74. The van der Waals surface area contributed by atoms with Gasteiger partial charge in [-0.25, -0.2) is 0 Å². The molecule has 1 N–H and O–H groups in total. The molecule has 0 bridgehead atoms. The minimum absolute atomic E-state index is 0.0113. The van der Waals surface area contributed by atoms with Gasteiger partial charge < -0.3 is 15.1 Å². The van der Waals surface area contributed by atoms with Crippen molar-refractivity contribution < 1.29 is 9.59 Å². The number of thiophene rings is 1. The SMILES string of the molecule is CC(C)CN1C(=O)c2ccccc2[C@@H](C(=O)NCCCN(C)Cc2ccccc2)[C@H]1c1cccs1. The van der Waals surface area contributed by atoms with Crippen molar-refractivity contribution in [3.8, 4) is 0 Å². The lowest BCUT2D eigenvalue weighted by molar-refractivity contribution is -0.124. The number of hydrogen-bond donors (Lipinski definition) is 1. The summed E-state index contributed by atoms with van der Waals surface area (Å²) in [5, 5.41) is 5.21. The number of carbonyl (C=O) groups is 2. The second kappa shape index (κ2) is 11.6. The van der Waals surface area contributed by atoms with Gasteiger partial charge in [0.05, 0.1) is 12.0 Å². The number of amides is 2. The van der Waals surface area contributed by atoms with Crippen LogP contribution in [0, 0.1) is 5.92 Å². The number of fused-ring (bicyclic) bond motifs is 1. The number of carbonyl (C=O) groups excluding carboxylic acids is 2. The highest BCUT2D eigenvalue weighted by molar-refractivity contribution is 7.10. The highest BCUT2D eigenvalue weighted by Crippen LogP contribution is 2.44. The van der Waals surface area contributed by atoms with E-state index in [0.717, 1.165) is 30.0 Å². The molecule has 5 nitrogen and oxygen atoms in total. The maximum atomic E-state index is 13.7. The minimum Gasteiger partial charge on any atom is -0.355 e. The third-order valence-electron chi connectivity index (χ3n) is 6.43. The normalized spacial score (nSPS) is 17.6. The lowest BCUT2D eigenvalue weighted by Crippen LogP contribution is -2.48. The van der Waals surface area contributed by atoms with E-state index in [9.17, 15) is 9.59 Å². The summed E-state index contributed by atoms with van der Waals surface area (Å²) in [6, 6.07) is 21.8. The molecule has 3 aromatic rings. The molecular weight excluding hydrogens is 454 g/mol. The topological polar surface area (TPSA) is 52.7 Å². The van der Waals surface area contributed by atoms with E-state index in [-0.39, 0.29) is 17.9 Å². The van der Waals surface area contributed by atoms with Crippen LogP contribution in [0.4, 0.5) is 0 Å². The fourth-order valence-corrected chi connectivity index (χ4v) is 5.76. The van der Waals surface area contributed by atoms with E-state index >= 15 is 0 Å². The predicted molar refractivity (Wildman–Crippen MR) is 143 cm³/mol. The summed E-state index contributed by atoms with van der Waals surface area (Å²) in [6.07, 6.45) is 0.863. The number of nitrogens with zero attached hydrogens (tertiary/aromatic N) is 2. The molecule has 0 aliphatic carbocycles. The molecule has 2 aromatic carbocycles. The summed E-state index contributed by atoms with van der Waals surface area (Å²) in [5.74, 6) is -0.124. The van der Waals surface area contributed by atoms with E-state index in [1.807, 2.05) is 52.7 Å². The standard InChI is InChI=1S/C29H35N3O2S/c1-21(2)19-32-27(25-15-9-18-35-25)26(23-13-7-8-14-24(23)29(32)34)28(33)30-16-10-17-31(3)20-22-11-5-4-6-12-22/h4-9,11-15,18,21,26-27H,10,16-17,19-20H2,1-3H3,(H,30,33)/t26-,27-/m1/s1. The van der Waals surface area contributed by atoms with Crippen LogP contribution >= 0.6 is 11.3 Å². The molecule has 0 spiro atoms. The van der Waals surface area contributed by atoms with Crippen LogP contribution in [0.15, 0.2) is 72.1 Å². The van der Waals surface area contributed by atoms with Crippen molar-refractivity contribution in [2.45, 2.75) is 38.8 Å². The molecule has 0 saturated carbocycles. The minimum atomic E-state index is -0.427. The largest absolute Gasteiger partial charge is 0.355 e. The fourth-order valence-electron chi connectivity index (χ4n) is 4.89. The van der Waals surface area contributed by atoms with E-state index in [1.54, 1.807) is 11.3 Å². The van der Waals surface area contributed by atoms with Crippen molar-refractivity contribution in [2.24, 2.45) is 5.92 Å². The predicted octanol–water partition coefficient (Wildman–Crippen LogP) is 5.32. The average Bonchev–Trinajstić information content (AvgIpc) is 3.38. The van der Waals surface area contributed by atoms with Crippen molar-refractivity contribution in [1.29, 1.82) is 0 Å². The Labute approximate surface area is 212 Å². The van der Waals surface area contributed by atoms with Crippen molar-refractivity contribution in [3.63, 3.8) is 0 Å². The highest BCUT2D eigenvalue weighted by Gasteiger charge is 2.44. The summed E-state index contributed by atoms with van der Waals surface area (Å²) < 4.78 is 0. The van der Waals surface area contributed by atoms with Gasteiger partial charge in [0, 0.05) is 30.1 Å². The van der Waals surface area contributed by atoms with Gasteiger partial charge in [0.1, 0.15) is 0 Å². The molecule has 0 unspecified atom stereocenters. The smallest absolute Gasteiger partial charge is 0.254 e. The van der Waals surface area contributed by atoms with Crippen molar-refractivity contribution in [1.82, 2.24) is 15.1 Å². The summed E-state index contributed by atoms with van der Waals surface area (Å²) in [6.45, 7) is 7.22. The maximum Gasteiger partial charge on any atom is 0.254 e. The van der Waals surface area contributed by atoms with Gasteiger partial charge in [-0.15, -0.1) is 11.3 Å². The molecule has 2 amide bonds. The van der Waals surface area contributed by atoms with Crippen LogP contribution < -0.4 is 5.32 Å². The lowest BCUT2D eigenvalue weighted by Gasteiger charge is -2.42. The van der Waals surface area contributed by atoms with Gasteiger partial charge in [0.25, 0.3) is 5.91 Å². The Morgan fingerprint density at radius 3 is 2.51 bits per heavy atom. The highest BCUT2D eigenvalue weighted by atomic mass is 32.1. The Balaban J connectivity index is 1.48. The first-order valence-corrected chi connectivity index (χ1v) is 13.3. The number of rotatable bonds is 10. The first kappa shape index (κ1) is 25.1. The fraction of sp³-hybridized carbons (Fsp3) is 0.379. The summed E-state index contributed by atoms with van der Waals surface area (Å²) in [5.41, 5.74) is 2.75. The molecule has 1 aliphatic heterocycles. The number of hydrogen-bond acceptors (Lipinski definition) is 4. The van der Waals surface area contributed by atoms with Crippen LogP contribution in [-0.4, -0.2) is 48.3 Å². The Kier molecular flexibility index (Phi) is 8.37. The molecule has 35 heavy (non-hydrogen) atoms. The van der Waals surface area contributed by atoms with Gasteiger partial charge in [0.2, 0.25) is 5.91 Å². The van der Waals surface area contributed by atoms with E-state index in [0.29, 0.717) is 24.6 Å². The molecule has 184 valence electrons. The zero-order valence-corrected chi connectivity index (χ0v) is 21.6. The van der Waals surface area contributed by atoms with E-state index in [4.69, 9.17) is 0 Å². The van der Waals surface area contributed by atoms with Crippen LogP contribution in [0.25, 0.3) is 0 Å². The van der Waals surface area contributed by atoms with Gasteiger partial charge in [0.15, 0.2) is 0 Å². The van der Waals surface area contributed by atoms with E-state index in [2.05, 4.69) is 55.4 Å². The second-order valence-corrected chi connectivity index (χ2v) is 10.7. The summed E-state index contributed by atoms with van der Waals surface area (Å²) in [4.78, 5) is 32.4. The van der Waals surface area contributed by atoms with Crippen LogP contribution in [0.1, 0.15) is 58.6 Å². The van der Waals surface area contributed by atoms with Crippen molar-refractivity contribution in [3.05, 3.63) is 93.7 Å². The van der Waals surface area contributed by atoms with Crippen LogP contribution in [0.3, 0.4) is 0 Å². The molecular formula is C29H35N3O2S. The molecule has 2 heterocycles. The molecule has 2 atom stereocenters. The molecule has 4 rings (SSSR count). The Morgan fingerprint density at radius 2 is 1.80 bits per heavy atom. The van der Waals surface area contributed by atoms with E-state index in [1.165, 1.54) is 5.56 Å². The monoisotopic (exact) mass is 489 g/mol. The Bertz CT molecular complexity index is 1110. The summed E-state index contributed by atoms with van der Waals surface area (Å²) in [7, 11) is 2.11. The maximum absolute atomic E-state index is 13.7. The zero-order valence-electron chi connectivity index (χ0n) is 20.8. The lowest BCUT2D eigenvalue weighted by atomic mass is 9.81. The van der Waals surface area contributed by atoms with Crippen molar-refractivity contribution in [2.75, 3.05) is 26.7 Å². The number of nitrogens with one attached hydrogen (secondary N) is 1. The van der Waals surface area contributed by atoms with Gasteiger partial charge >= 0.3 is 0 Å². The first-order valence-electron chi connectivity index (χ1n) is 12.4. The quantitative estimate of drug-likeness (QED) is 0.392. The molecule has 6 heteroatoms.